The van der Waals surface area contributed by atoms with Gasteiger partial charge in [0.2, 0.25) is 0 Å². The van der Waals surface area contributed by atoms with Crippen molar-refractivity contribution in [3.05, 3.63) is 83.0 Å². The van der Waals surface area contributed by atoms with E-state index in [2.05, 4.69) is 20.2 Å². The summed E-state index contributed by atoms with van der Waals surface area (Å²) in [5.41, 5.74) is 5.09. The molecule has 188 valence electrons. The van der Waals surface area contributed by atoms with Crippen LogP contribution in [0.4, 0.5) is 5.82 Å². The van der Waals surface area contributed by atoms with Gasteiger partial charge in [-0.2, -0.15) is 5.10 Å². The minimum atomic E-state index is -3.58. The highest BCUT2D eigenvalue weighted by atomic mass is 32.1. The van der Waals surface area contributed by atoms with E-state index in [1.807, 2.05) is 68.6 Å². The summed E-state index contributed by atoms with van der Waals surface area (Å²) in [5.74, 6) is -0.434. The van der Waals surface area contributed by atoms with Gasteiger partial charge in [0, 0.05) is 36.7 Å². The first-order chi connectivity index (χ1) is 17.8. The van der Waals surface area contributed by atoms with Gasteiger partial charge in [-0.05, 0) is 31.5 Å². The van der Waals surface area contributed by atoms with E-state index in [-0.39, 0.29) is 10.7 Å². The number of aromatic nitrogens is 4. The molecule has 0 amide bonds. The minimum absolute atomic E-state index is 0.146. The molecule has 0 bridgehead atoms. The first-order valence-corrected chi connectivity index (χ1v) is 13.8. The number of anilines is 1. The third-order valence-corrected chi connectivity index (χ3v) is 9.08. The number of nitrogens with zero attached hydrogens (tertiary/aromatic N) is 4. The molecule has 11 heteroatoms. The van der Waals surface area contributed by atoms with E-state index in [9.17, 15) is 9.36 Å². The summed E-state index contributed by atoms with van der Waals surface area (Å²) in [6.45, 7) is 3.82. The molecule has 3 heterocycles. The van der Waals surface area contributed by atoms with Crippen molar-refractivity contribution in [2.75, 3.05) is 19.3 Å². The van der Waals surface area contributed by atoms with Crippen LogP contribution >= 0.6 is 18.9 Å². The summed E-state index contributed by atoms with van der Waals surface area (Å²) >= 11 is 1.15. The highest BCUT2D eigenvalue weighted by Gasteiger charge is 2.31. The van der Waals surface area contributed by atoms with Crippen molar-refractivity contribution in [2.24, 2.45) is 0 Å². The molecule has 9 nitrogen and oxygen atoms in total. The highest BCUT2D eigenvalue weighted by Crippen LogP contribution is 2.47. The fourth-order valence-corrected chi connectivity index (χ4v) is 6.65. The Balaban J connectivity index is 1.49. The lowest BCUT2D eigenvalue weighted by atomic mass is 10.1. The number of carbonyl (C=O) groups excluding carboxylic acids is 1. The molecule has 3 aromatic heterocycles. The number of rotatable bonds is 7. The second-order valence-corrected chi connectivity index (χ2v) is 11.5. The first kappa shape index (κ1) is 24.8. The Labute approximate surface area is 217 Å². The number of hydrogen-bond acceptors (Lipinski definition) is 8. The second-order valence-electron chi connectivity index (χ2n) is 8.35. The third-order valence-electron chi connectivity index (χ3n) is 5.84. The number of carbonyl (C=O) groups is 1. The molecular weight excluding hydrogens is 509 g/mol. The van der Waals surface area contributed by atoms with Crippen molar-refractivity contribution < 1.29 is 18.6 Å². The number of fused-ring (bicyclic) bond motifs is 1. The van der Waals surface area contributed by atoms with Crippen molar-refractivity contribution in [3.63, 3.8) is 0 Å². The maximum atomic E-state index is 13.8. The summed E-state index contributed by atoms with van der Waals surface area (Å²) in [6, 6.07) is 16.9. The van der Waals surface area contributed by atoms with Crippen LogP contribution in [0.2, 0.25) is 0 Å². The van der Waals surface area contributed by atoms with Gasteiger partial charge in [-0.25, -0.2) is 19.3 Å². The number of hydrogen-bond donors (Lipinski definition) is 1. The zero-order valence-electron chi connectivity index (χ0n) is 20.6. The Bertz CT molecular complexity index is 1630. The fourth-order valence-electron chi connectivity index (χ4n) is 3.98. The van der Waals surface area contributed by atoms with E-state index in [0.29, 0.717) is 10.3 Å². The van der Waals surface area contributed by atoms with E-state index in [0.717, 1.165) is 44.9 Å². The van der Waals surface area contributed by atoms with Gasteiger partial charge in [0.05, 0.1) is 18.1 Å². The lowest BCUT2D eigenvalue weighted by Gasteiger charge is -2.20. The summed E-state index contributed by atoms with van der Waals surface area (Å²) < 4.78 is 26.0. The van der Waals surface area contributed by atoms with Crippen LogP contribution < -0.4 is 10.4 Å². The SMILES string of the molecule is COC(=O)c1sc(-c2ccc(-c3cc4ncccn4n3)cc2)nc1NP(=O)(OC)c1ccc(C)cc1C. The molecule has 37 heavy (non-hydrogen) atoms. The lowest BCUT2D eigenvalue weighted by molar-refractivity contribution is 0.0607. The molecule has 0 fully saturated rings. The van der Waals surface area contributed by atoms with Crippen LogP contribution in [0.25, 0.3) is 27.5 Å². The smallest absolute Gasteiger partial charge is 0.351 e. The van der Waals surface area contributed by atoms with Gasteiger partial charge in [-0.15, -0.1) is 11.3 Å². The fraction of sp³-hybridized carbons (Fsp3) is 0.154. The number of nitrogens with one attached hydrogen (secondary N) is 1. The van der Waals surface area contributed by atoms with E-state index >= 15 is 0 Å². The van der Waals surface area contributed by atoms with Crippen molar-refractivity contribution in [1.29, 1.82) is 0 Å². The number of esters is 1. The standard InChI is InChI=1S/C26H24N5O4PS/c1-16-6-11-21(17(2)14-16)36(33,35-4)30-24-23(26(32)34-3)37-25(28-24)19-9-7-18(8-10-19)20-15-22-27-12-5-13-31(22)29-20/h5-15H,1-4H3,(H,30,33). The van der Waals surface area contributed by atoms with Crippen molar-refractivity contribution >= 4 is 41.6 Å². The number of aryl methyl sites for hydroxylation is 2. The maximum Gasteiger partial charge on any atom is 0.351 e. The molecule has 2 aromatic carbocycles. The van der Waals surface area contributed by atoms with Gasteiger partial charge >= 0.3 is 13.5 Å². The van der Waals surface area contributed by atoms with Gasteiger partial charge in [-0.3, -0.25) is 9.65 Å². The monoisotopic (exact) mass is 533 g/mol. The molecule has 0 aliphatic rings. The molecule has 1 unspecified atom stereocenters. The Morgan fingerprint density at radius 3 is 2.49 bits per heavy atom. The van der Waals surface area contributed by atoms with E-state index < -0.39 is 13.5 Å². The predicted octanol–water partition coefficient (Wildman–Crippen LogP) is 5.50. The minimum Gasteiger partial charge on any atom is -0.465 e. The second kappa shape index (κ2) is 9.89. The van der Waals surface area contributed by atoms with Crippen molar-refractivity contribution in [1.82, 2.24) is 19.6 Å². The summed E-state index contributed by atoms with van der Waals surface area (Å²) in [6.07, 6.45) is 3.56. The first-order valence-electron chi connectivity index (χ1n) is 11.3. The average Bonchev–Trinajstić information content (AvgIpc) is 3.52. The average molecular weight is 534 g/mol. The van der Waals surface area contributed by atoms with Crippen LogP contribution in [-0.2, 0) is 13.8 Å². The number of thiazole rings is 1. The van der Waals surface area contributed by atoms with Gasteiger partial charge < -0.3 is 9.26 Å². The molecule has 0 radical (unpaired) electrons. The molecule has 0 aliphatic heterocycles. The Morgan fingerprint density at radius 2 is 1.81 bits per heavy atom. The normalized spacial score (nSPS) is 12.9. The van der Waals surface area contributed by atoms with Crippen LogP contribution in [0.5, 0.6) is 0 Å². The van der Waals surface area contributed by atoms with Crippen LogP contribution in [0.3, 0.4) is 0 Å². The maximum absolute atomic E-state index is 13.8. The molecule has 5 aromatic rings. The summed E-state index contributed by atoms with van der Waals surface area (Å²) in [7, 11) is -0.917. The quantitative estimate of drug-likeness (QED) is 0.216. The third kappa shape index (κ3) is 4.79. The molecule has 5 rings (SSSR count). The van der Waals surface area contributed by atoms with Crippen LogP contribution in [-0.4, -0.2) is 39.8 Å². The predicted molar refractivity (Wildman–Crippen MR) is 145 cm³/mol. The topological polar surface area (TPSA) is 108 Å². The van der Waals surface area contributed by atoms with Crippen LogP contribution in [0.1, 0.15) is 20.8 Å². The van der Waals surface area contributed by atoms with E-state index in [1.54, 1.807) is 16.8 Å². The Hall–Kier alpha value is -3.85. The lowest BCUT2D eigenvalue weighted by Crippen LogP contribution is -2.17. The van der Waals surface area contributed by atoms with Gasteiger partial charge in [0.1, 0.15) is 5.01 Å². The molecule has 0 spiro atoms. The number of benzene rings is 2. The van der Waals surface area contributed by atoms with Crippen molar-refractivity contribution in [2.45, 2.75) is 13.8 Å². The van der Waals surface area contributed by atoms with E-state index in [1.165, 1.54) is 14.2 Å². The molecule has 1 N–H and O–H groups in total. The highest BCUT2D eigenvalue weighted by molar-refractivity contribution is 7.68. The number of methoxy groups -OCH3 is 1. The largest absolute Gasteiger partial charge is 0.465 e. The number of ether oxygens (including phenoxy) is 1. The van der Waals surface area contributed by atoms with E-state index in [4.69, 9.17) is 9.26 Å². The summed E-state index contributed by atoms with van der Waals surface area (Å²) in [4.78, 5) is 21.7. The Morgan fingerprint density at radius 1 is 1.05 bits per heavy atom. The van der Waals surface area contributed by atoms with Crippen LogP contribution in [0.15, 0.2) is 67.0 Å². The van der Waals surface area contributed by atoms with Gasteiger partial charge in [0.25, 0.3) is 0 Å². The zero-order chi connectivity index (χ0) is 26.2. The van der Waals surface area contributed by atoms with Gasteiger partial charge in [0.15, 0.2) is 16.3 Å². The van der Waals surface area contributed by atoms with Crippen LogP contribution in [0, 0.1) is 13.8 Å². The van der Waals surface area contributed by atoms with Crippen molar-refractivity contribution in [3.8, 4) is 21.8 Å². The summed E-state index contributed by atoms with van der Waals surface area (Å²) in [5, 5.41) is 8.55. The molecular formula is C26H24N5O4PS. The molecule has 0 aliphatic carbocycles. The molecule has 0 saturated heterocycles. The Kier molecular flexibility index (Phi) is 6.64. The molecule has 1 atom stereocenters. The molecule has 0 saturated carbocycles. The zero-order valence-corrected chi connectivity index (χ0v) is 22.3. The van der Waals surface area contributed by atoms with Gasteiger partial charge in [-0.1, -0.05) is 42.0 Å².